The number of nitrogen functional groups attached to an aromatic ring is 1. The Bertz CT molecular complexity index is 467. The van der Waals surface area contributed by atoms with Crippen molar-refractivity contribution in [3.05, 3.63) is 42.2 Å². The first-order valence-electron chi connectivity index (χ1n) is 5.22. The van der Waals surface area contributed by atoms with Gasteiger partial charge < -0.3 is 15.8 Å². The molecule has 5 nitrogen and oxygen atoms in total. The van der Waals surface area contributed by atoms with Crippen LogP contribution in [0.15, 0.2) is 36.7 Å². The molecule has 1 aromatic heterocycles. The molecule has 1 heterocycles. The minimum absolute atomic E-state index is 0.572. The fourth-order valence-electron chi connectivity index (χ4n) is 1.33. The van der Waals surface area contributed by atoms with E-state index in [-0.39, 0.29) is 0 Å². The van der Waals surface area contributed by atoms with Gasteiger partial charge in [0.2, 0.25) is 5.95 Å². The van der Waals surface area contributed by atoms with Gasteiger partial charge in [-0.25, -0.2) is 9.97 Å². The molecule has 5 heteroatoms. The van der Waals surface area contributed by atoms with E-state index < -0.39 is 0 Å². The average molecular weight is 230 g/mol. The van der Waals surface area contributed by atoms with Crippen molar-refractivity contribution in [1.82, 2.24) is 9.97 Å². The molecule has 2 rings (SSSR count). The van der Waals surface area contributed by atoms with E-state index >= 15 is 0 Å². The third-order valence-electron chi connectivity index (χ3n) is 2.29. The molecule has 0 spiro atoms. The van der Waals surface area contributed by atoms with Crippen LogP contribution < -0.4 is 15.8 Å². The second-order valence-electron chi connectivity index (χ2n) is 3.54. The van der Waals surface area contributed by atoms with Gasteiger partial charge in [-0.15, -0.1) is 0 Å². The average Bonchev–Trinajstić information content (AvgIpc) is 2.39. The highest BCUT2D eigenvalue weighted by molar-refractivity contribution is 5.40. The fraction of sp³-hybridized carbons (Fsp3) is 0.167. The smallest absolute Gasteiger partial charge is 0.223 e. The van der Waals surface area contributed by atoms with E-state index in [0.29, 0.717) is 18.2 Å². The lowest BCUT2D eigenvalue weighted by molar-refractivity contribution is 0.411. The number of nitrogens with two attached hydrogens (primary N) is 1. The van der Waals surface area contributed by atoms with Crippen molar-refractivity contribution in [2.45, 2.75) is 6.54 Å². The maximum Gasteiger partial charge on any atom is 0.223 e. The van der Waals surface area contributed by atoms with E-state index in [2.05, 4.69) is 15.3 Å². The van der Waals surface area contributed by atoms with E-state index in [9.17, 15) is 0 Å². The summed E-state index contributed by atoms with van der Waals surface area (Å²) in [5, 5.41) is 3.11. The summed E-state index contributed by atoms with van der Waals surface area (Å²) in [5.74, 6) is 1.21. The highest BCUT2D eigenvalue weighted by Crippen LogP contribution is 2.09. The molecule has 2 aromatic rings. The van der Waals surface area contributed by atoms with Crippen LogP contribution in [-0.2, 0) is 6.54 Å². The summed E-state index contributed by atoms with van der Waals surface area (Å²) in [7, 11) is 1.58. The van der Waals surface area contributed by atoms with Crippen molar-refractivity contribution < 1.29 is 4.74 Å². The van der Waals surface area contributed by atoms with Crippen LogP contribution in [0.2, 0.25) is 0 Å². The third-order valence-corrected chi connectivity index (χ3v) is 2.29. The first kappa shape index (κ1) is 11.2. The number of ether oxygens (including phenoxy) is 1. The predicted molar refractivity (Wildman–Crippen MR) is 66.8 cm³/mol. The van der Waals surface area contributed by atoms with Crippen molar-refractivity contribution in [2.24, 2.45) is 0 Å². The minimum Gasteiger partial charge on any atom is -0.494 e. The summed E-state index contributed by atoms with van der Waals surface area (Å²) in [6.45, 7) is 0.659. The molecule has 0 aliphatic rings. The summed E-state index contributed by atoms with van der Waals surface area (Å²) in [6, 6.07) is 7.66. The zero-order valence-corrected chi connectivity index (χ0v) is 9.55. The highest BCUT2D eigenvalue weighted by Gasteiger charge is 1.97. The lowest BCUT2D eigenvalue weighted by atomic mass is 10.2. The molecule has 0 atom stereocenters. The van der Waals surface area contributed by atoms with Crippen molar-refractivity contribution in [3.63, 3.8) is 0 Å². The molecule has 1 aromatic carbocycles. The topological polar surface area (TPSA) is 73.1 Å². The molecule has 17 heavy (non-hydrogen) atoms. The Morgan fingerprint density at radius 2 is 1.82 bits per heavy atom. The van der Waals surface area contributed by atoms with Crippen LogP contribution in [0.3, 0.4) is 0 Å². The lowest BCUT2D eigenvalue weighted by Crippen LogP contribution is -2.03. The SMILES string of the molecule is COc1cnc(NCc2ccc(N)cc2)nc1. The number of nitrogens with one attached hydrogen (secondary N) is 1. The first-order chi connectivity index (χ1) is 8.28. The van der Waals surface area contributed by atoms with E-state index in [1.165, 1.54) is 0 Å². The van der Waals surface area contributed by atoms with Crippen LogP contribution >= 0.6 is 0 Å². The van der Waals surface area contributed by atoms with Gasteiger partial charge in [0.25, 0.3) is 0 Å². The maximum atomic E-state index is 5.61. The molecule has 0 fully saturated rings. The Hall–Kier alpha value is -2.30. The molecular formula is C12H14N4O. The van der Waals surface area contributed by atoms with Gasteiger partial charge in [-0.05, 0) is 17.7 Å². The first-order valence-corrected chi connectivity index (χ1v) is 5.22. The van der Waals surface area contributed by atoms with Gasteiger partial charge in [-0.2, -0.15) is 0 Å². The molecule has 3 N–H and O–H groups in total. The van der Waals surface area contributed by atoms with Crippen LogP contribution in [-0.4, -0.2) is 17.1 Å². The lowest BCUT2D eigenvalue weighted by Gasteiger charge is -2.05. The number of hydrogen-bond acceptors (Lipinski definition) is 5. The minimum atomic E-state index is 0.572. The summed E-state index contributed by atoms with van der Waals surface area (Å²) in [6.07, 6.45) is 3.25. The van der Waals surface area contributed by atoms with Gasteiger partial charge in [0, 0.05) is 12.2 Å². The predicted octanol–water partition coefficient (Wildman–Crippen LogP) is 1.68. The van der Waals surface area contributed by atoms with Gasteiger partial charge in [0.15, 0.2) is 5.75 Å². The van der Waals surface area contributed by atoms with E-state index in [1.807, 2.05) is 24.3 Å². The monoisotopic (exact) mass is 230 g/mol. The van der Waals surface area contributed by atoms with Crippen molar-refractivity contribution in [1.29, 1.82) is 0 Å². The van der Waals surface area contributed by atoms with Crippen LogP contribution in [0, 0.1) is 0 Å². The second kappa shape index (κ2) is 5.16. The molecule has 0 aliphatic heterocycles. The fourth-order valence-corrected chi connectivity index (χ4v) is 1.33. The summed E-state index contributed by atoms with van der Waals surface area (Å²) < 4.78 is 4.98. The zero-order chi connectivity index (χ0) is 12.1. The van der Waals surface area contributed by atoms with Crippen LogP contribution in [0.4, 0.5) is 11.6 Å². The van der Waals surface area contributed by atoms with Gasteiger partial charge in [0.05, 0.1) is 19.5 Å². The molecular weight excluding hydrogens is 216 g/mol. The molecule has 0 bridgehead atoms. The number of anilines is 2. The number of methoxy groups -OCH3 is 1. The third kappa shape index (κ3) is 3.07. The van der Waals surface area contributed by atoms with Gasteiger partial charge in [0.1, 0.15) is 0 Å². The quantitative estimate of drug-likeness (QED) is 0.782. The molecule has 0 aliphatic carbocycles. The number of hydrogen-bond donors (Lipinski definition) is 2. The van der Waals surface area contributed by atoms with Gasteiger partial charge in [-0.1, -0.05) is 12.1 Å². The van der Waals surface area contributed by atoms with Gasteiger partial charge in [-0.3, -0.25) is 0 Å². The van der Waals surface area contributed by atoms with Crippen LogP contribution in [0.5, 0.6) is 5.75 Å². The van der Waals surface area contributed by atoms with Gasteiger partial charge >= 0.3 is 0 Å². The number of nitrogens with zero attached hydrogens (tertiary/aromatic N) is 2. The Labute approximate surface area is 99.7 Å². The number of benzene rings is 1. The standard InChI is InChI=1S/C12H14N4O/c1-17-11-7-15-12(16-8-11)14-6-9-2-4-10(13)5-3-9/h2-5,7-8H,6,13H2,1H3,(H,14,15,16). The summed E-state index contributed by atoms with van der Waals surface area (Å²) >= 11 is 0. The molecule has 0 saturated carbocycles. The van der Waals surface area contributed by atoms with Crippen molar-refractivity contribution >= 4 is 11.6 Å². The van der Waals surface area contributed by atoms with Crippen molar-refractivity contribution in [3.8, 4) is 5.75 Å². The molecule has 0 saturated heterocycles. The molecule has 88 valence electrons. The number of aromatic nitrogens is 2. The van der Waals surface area contributed by atoms with Crippen LogP contribution in [0.1, 0.15) is 5.56 Å². The van der Waals surface area contributed by atoms with Crippen LogP contribution in [0.25, 0.3) is 0 Å². The highest BCUT2D eigenvalue weighted by atomic mass is 16.5. The largest absolute Gasteiger partial charge is 0.494 e. The number of rotatable bonds is 4. The summed E-state index contributed by atoms with van der Waals surface area (Å²) in [4.78, 5) is 8.22. The Kier molecular flexibility index (Phi) is 3.40. The van der Waals surface area contributed by atoms with E-state index in [4.69, 9.17) is 10.5 Å². The second-order valence-corrected chi connectivity index (χ2v) is 3.54. The van der Waals surface area contributed by atoms with Crippen molar-refractivity contribution in [2.75, 3.05) is 18.2 Å². The normalized spacial score (nSPS) is 9.94. The summed E-state index contributed by atoms with van der Waals surface area (Å²) in [5.41, 5.74) is 7.49. The molecule has 0 radical (unpaired) electrons. The van der Waals surface area contributed by atoms with E-state index in [1.54, 1.807) is 19.5 Å². The molecule has 0 unspecified atom stereocenters. The van der Waals surface area contributed by atoms with E-state index in [0.717, 1.165) is 11.3 Å². The Balaban J connectivity index is 1.95. The maximum absolute atomic E-state index is 5.61. The Morgan fingerprint density at radius 1 is 1.18 bits per heavy atom. The molecule has 0 amide bonds. The zero-order valence-electron chi connectivity index (χ0n) is 9.55. The Morgan fingerprint density at radius 3 is 2.41 bits per heavy atom.